The first-order valence-corrected chi connectivity index (χ1v) is 14.2. The summed E-state index contributed by atoms with van der Waals surface area (Å²) in [5.74, 6) is 0.466. The van der Waals surface area contributed by atoms with Gasteiger partial charge < -0.3 is 20.5 Å². The van der Waals surface area contributed by atoms with Crippen molar-refractivity contribution in [2.24, 2.45) is 5.92 Å². The van der Waals surface area contributed by atoms with E-state index in [9.17, 15) is 4.79 Å². The number of fused-ring (bicyclic) bond motifs is 2. The molecule has 2 fully saturated rings. The van der Waals surface area contributed by atoms with Gasteiger partial charge in [-0.15, -0.1) is 0 Å². The third-order valence-electron chi connectivity index (χ3n) is 8.19. The number of nitrogens with zero attached hydrogens (tertiary/aromatic N) is 5. The largest absolute Gasteiger partial charge is 0.370 e. The van der Waals surface area contributed by atoms with Gasteiger partial charge in [-0.3, -0.25) is 19.9 Å². The number of hydrogen-bond donors (Lipinski definition) is 4. The summed E-state index contributed by atoms with van der Waals surface area (Å²) in [5, 5.41) is 16.1. The number of anilines is 2. The number of piperidine rings is 2. The van der Waals surface area contributed by atoms with E-state index in [1.165, 1.54) is 24.9 Å². The number of H-pyrrole nitrogens is 2. The number of carbonyl (C=O) groups excluding carboxylic acids is 1. The van der Waals surface area contributed by atoms with E-state index in [4.69, 9.17) is 0 Å². The second-order valence-corrected chi connectivity index (χ2v) is 11.0. The van der Waals surface area contributed by atoms with Crippen molar-refractivity contribution >= 4 is 39.2 Å². The van der Waals surface area contributed by atoms with E-state index in [0.29, 0.717) is 23.7 Å². The lowest BCUT2D eigenvalue weighted by Gasteiger charge is -2.28. The van der Waals surface area contributed by atoms with Gasteiger partial charge in [0, 0.05) is 53.8 Å². The maximum Gasteiger partial charge on any atom is 0.224 e. The Hall–Kier alpha value is -4.31. The summed E-state index contributed by atoms with van der Waals surface area (Å²) >= 11 is 0. The highest BCUT2D eigenvalue weighted by Crippen LogP contribution is 2.34. The smallest absolute Gasteiger partial charge is 0.224 e. The molecule has 5 aromatic rings. The zero-order valence-corrected chi connectivity index (χ0v) is 22.4. The summed E-state index contributed by atoms with van der Waals surface area (Å²) in [6.07, 6.45) is 15.5. The molecule has 10 heteroatoms. The minimum atomic E-state index is 0.0359. The molecule has 0 spiro atoms. The molecule has 1 amide bonds. The van der Waals surface area contributed by atoms with E-state index in [1.54, 1.807) is 18.6 Å². The minimum absolute atomic E-state index is 0.0359. The topological polar surface area (TPSA) is 128 Å². The normalized spacial score (nSPS) is 16.6. The number of aromatic amines is 2. The van der Waals surface area contributed by atoms with Crippen molar-refractivity contribution in [3.8, 4) is 22.5 Å². The molecule has 2 saturated heterocycles. The lowest BCUT2D eigenvalue weighted by atomic mass is 9.94. The third kappa shape index (κ3) is 4.90. The molecule has 7 rings (SSSR count). The number of pyridine rings is 3. The number of aromatic nitrogens is 6. The number of rotatable bonds is 6. The monoisotopic (exact) mass is 535 g/mol. The average molecular weight is 536 g/mol. The molecule has 204 valence electrons. The van der Waals surface area contributed by atoms with E-state index in [-0.39, 0.29) is 5.91 Å². The van der Waals surface area contributed by atoms with Gasteiger partial charge in [-0.05, 0) is 69.3 Å². The van der Waals surface area contributed by atoms with Crippen molar-refractivity contribution in [2.45, 2.75) is 38.5 Å². The zero-order chi connectivity index (χ0) is 26.9. The molecular weight excluding hydrogens is 502 g/mol. The predicted octanol–water partition coefficient (Wildman–Crippen LogP) is 4.88. The Morgan fingerprint density at radius 1 is 0.925 bits per heavy atom. The van der Waals surface area contributed by atoms with Crippen LogP contribution in [0.5, 0.6) is 0 Å². The van der Waals surface area contributed by atoms with Crippen LogP contribution in [0.15, 0.2) is 49.2 Å². The Bertz CT molecular complexity index is 1660. The van der Waals surface area contributed by atoms with Crippen molar-refractivity contribution in [1.29, 1.82) is 0 Å². The molecule has 0 radical (unpaired) electrons. The lowest BCUT2D eigenvalue weighted by Crippen LogP contribution is -2.30. The maximum atomic E-state index is 12.7. The zero-order valence-electron chi connectivity index (χ0n) is 22.4. The lowest BCUT2D eigenvalue weighted by molar-refractivity contribution is -0.117. The standard InChI is InChI=1S/C30H33N9O/c40-28(10-19-4-6-31-7-5-19)35-22-11-20(14-32-16-22)21-12-24-29(37-38-30(24)34-15-21)25-13-23-26(36-25)17-33-18-27(23)39-8-2-1-3-9-39/h11-19,31,36H,1-10H2,(H,35,40)(H,34,37,38). The molecule has 2 aliphatic heterocycles. The Morgan fingerprint density at radius 3 is 2.62 bits per heavy atom. The summed E-state index contributed by atoms with van der Waals surface area (Å²) in [6.45, 7) is 4.09. The number of hydrogen-bond acceptors (Lipinski definition) is 7. The van der Waals surface area contributed by atoms with Crippen molar-refractivity contribution in [3.63, 3.8) is 0 Å². The summed E-state index contributed by atoms with van der Waals surface area (Å²) in [7, 11) is 0. The van der Waals surface area contributed by atoms with E-state index in [2.05, 4.69) is 57.8 Å². The average Bonchev–Trinajstić information content (AvgIpc) is 3.62. The van der Waals surface area contributed by atoms with E-state index in [1.807, 2.05) is 18.5 Å². The van der Waals surface area contributed by atoms with Gasteiger partial charge in [-0.1, -0.05) is 0 Å². The molecule has 0 aromatic carbocycles. The van der Waals surface area contributed by atoms with Crippen molar-refractivity contribution in [2.75, 3.05) is 36.4 Å². The van der Waals surface area contributed by atoms with Crippen LogP contribution in [0, 0.1) is 5.92 Å². The van der Waals surface area contributed by atoms with Gasteiger partial charge in [-0.25, -0.2) is 4.98 Å². The number of nitrogens with one attached hydrogen (secondary N) is 4. The second-order valence-electron chi connectivity index (χ2n) is 11.0. The highest BCUT2D eigenvalue weighted by molar-refractivity contribution is 5.99. The van der Waals surface area contributed by atoms with Crippen LogP contribution in [0.25, 0.3) is 44.5 Å². The molecule has 10 nitrogen and oxygen atoms in total. The third-order valence-corrected chi connectivity index (χ3v) is 8.19. The highest BCUT2D eigenvalue weighted by atomic mass is 16.1. The van der Waals surface area contributed by atoms with Gasteiger partial charge in [0.25, 0.3) is 0 Å². The molecule has 40 heavy (non-hydrogen) atoms. The molecule has 0 bridgehead atoms. The van der Waals surface area contributed by atoms with E-state index < -0.39 is 0 Å². The molecule has 2 aliphatic rings. The van der Waals surface area contributed by atoms with Crippen molar-refractivity contribution in [1.82, 2.24) is 35.5 Å². The molecular formula is C30H33N9O. The fourth-order valence-electron chi connectivity index (χ4n) is 6.05. The predicted molar refractivity (Wildman–Crippen MR) is 157 cm³/mol. The number of amides is 1. The molecule has 0 aliphatic carbocycles. The van der Waals surface area contributed by atoms with Gasteiger partial charge in [0.05, 0.1) is 46.9 Å². The fourth-order valence-corrected chi connectivity index (χ4v) is 6.05. The fraction of sp³-hybridized carbons (Fsp3) is 0.367. The van der Waals surface area contributed by atoms with Gasteiger partial charge >= 0.3 is 0 Å². The van der Waals surface area contributed by atoms with Crippen LogP contribution in [-0.2, 0) is 4.79 Å². The second kappa shape index (κ2) is 10.7. The molecule has 0 saturated carbocycles. The van der Waals surface area contributed by atoms with Gasteiger partial charge in [0.15, 0.2) is 5.65 Å². The van der Waals surface area contributed by atoms with Crippen LogP contribution in [0.2, 0.25) is 0 Å². The highest BCUT2D eigenvalue weighted by Gasteiger charge is 2.19. The SMILES string of the molecule is O=C(CC1CCNCC1)Nc1cncc(-c2cnc3n[nH]c(-c4cc5c(N6CCCCC6)cncc5[nH]4)c3c2)c1. The first-order chi connectivity index (χ1) is 19.7. The summed E-state index contributed by atoms with van der Waals surface area (Å²) in [6, 6.07) is 6.21. The molecule has 0 atom stereocenters. The van der Waals surface area contributed by atoms with E-state index >= 15 is 0 Å². The Morgan fingerprint density at radius 2 is 1.75 bits per heavy atom. The Balaban J connectivity index is 1.17. The summed E-state index contributed by atoms with van der Waals surface area (Å²) in [4.78, 5) is 32.2. The van der Waals surface area contributed by atoms with Crippen LogP contribution in [0.4, 0.5) is 11.4 Å². The van der Waals surface area contributed by atoms with Crippen molar-refractivity contribution in [3.05, 3.63) is 49.2 Å². The van der Waals surface area contributed by atoms with Gasteiger partial charge in [0.2, 0.25) is 5.91 Å². The van der Waals surface area contributed by atoms with Crippen LogP contribution in [0.3, 0.4) is 0 Å². The Kier molecular flexibility index (Phi) is 6.60. The molecule has 7 heterocycles. The minimum Gasteiger partial charge on any atom is -0.370 e. The summed E-state index contributed by atoms with van der Waals surface area (Å²) in [5.41, 5.74) is 7.13. The first-order valence-electron chi connectivity index (χ1n) is 14.2. The molecule has 5 aromatic heterocycles. The van der Waals surface area contributed by atoms with Crippen LogP contribution in [-0.4, -0.2) is 62.2 Å². The summed E-state index contributed by atoms with van der Waals surface area (Å²) < 4.78 is 0. The van der Waals surface area contributed by atoms with E-state index in [0.717, 1.165) is 77.8 Å². The Labute approximate surface area is 232 Å². The maximum absolute atomic E-state index is 12.7. The van der Waals surface area contributed by atoms with Crippen LogP contribution >= 0.6 is 0 Å². The van der Waals surface area contributed by atoms with Gasteiger partial charge in [0.1, 0.15) is 0 Å². The molecule has 0 unspecified atom stereocenters. The quantitative estimate of drug-likeness (QED) is 0.244. The first kappa shape index (κ1) is 24.7. The number of carbonyl (C=O) groups is 1. The van der Waals surface area contributed by atoms with Crippen LogP contribution < -0.4 is 15.5 Å². The van der Waals surface area contributed by atoms with Gasteiger partial charge in [-0.2, -0.15) is 5.10 Å². The van der Waals surface area contributed by atoms with Crippen molar-refractivity contribution < 1.29 is 4.79 Å². The van der Waals surface area contributed by atoms with Crippen LogP contribution in [0.1, 0.15) is 38.5 Å². The molecule has 4 N–H and O–H groups in total.